The van der Waals surface area contributed by atoms with Crippen LogP contribution in [0.5, 0.6) is 5.75 Å². The molecule has 24 heavy (non-hydrogen) atoms. The maximum atomic E-state index is 10.8. The molecule has 2 aromatic rings. The van der Waals surface area contributed by atoms with Gasteiger partial charge in [-0.05, 0) is 24.3 Å². The number of benzene rings is 2. The number of carbonyl (C=O) groups is 1. The first-order valence-electron chi connectivity index (χ1n) is 6.20. The number of azo groups is 1. The van der Waals surface area contributed by atoms with Crippen LogP contribution in [0.4, 0.5) is 22.7 Å². The smallest absolute Gasteiger partial charge is 0.335 e. The third-order valence-corrected chi connectivity index (χ3v) is 2.85. The SMILES string of the molecule is O=C(O)c1ccc(N=Nc2cc([N+](=O)[O-])cc([N+](=O)[O-])c2O)cc1. The van der Waals surface area contributed by atoms with Crippen molar-refractivity contribution in [2.24, 2.45) is 10.2 Å². The van der Waals surface area contributed by atoms with Crippen molar-refractivity contribution in [1.82, 2.24) is 0 Å². The number of phenols is 1. The van der Waals surface area contributed by atoms with E-state index in [1.54, 1.807) is 0 Å². The fraction of sp³-hybridized carbons (Fsp3) is 0. The van der Waals surface area contributed by atoms with E-state index in [0.717, 1.165) is 6.07 Å². The highest BCUT2D eigenvalue weighted by atomic mass is 16.6. The van der Waals surface area contributed by atoms with Gasteiger partial charge in [0.2, 0.25) is 5.75 Å². The molecule has 11 heteroatoms. The summed E-state index contributed by atoms with van der Waals surface area (Å²) in [5.41, 5.74) is -1.76. The normalized spacial score (nSPS) is 10.7. The fourth-order valence-corrected chi connectivity index (χ4v) is 1.69. The third-order valence-electron chi connectivity index (χ3n) is 2.85. The van der Waals surface area contributed by atoms with E-state index in [1.165, 1.54) is 24.3 Å². The molecule has 0 unspecified atom stereocenters. The summed E-state index contributed by atoms with van der Waals surface area (Å²) in [7, 11) is 0. The minimum Gasteiger partial charge on any atom is -0.501 e. The molecule has 0 aromatic heterocycles. The number of aromatic hydroxyl groups is 1. The van der Waals surface area contributed by atoms with Gasteiger partial charge in [0, 0.05) is 6.07 Å². The van der Waals surface area contributed by atoms with E-state index in [-0.39, 0.29) is 11.3 Å². The van der Waals surface area contributed by atoms with Crippen LogP contribution in [0.2, 0.25) is 0 Å². The molecule has 0 aliphatic carbocycles. The first-order valence-corrected chi connectivity index (χ1v) is 6.20. The Hall–Kier alpha value is -3.89. The molecule has 122 valence electrons. The Morgan fingerprint density at radius 3 is 2.12 bits per heavy atom. The number of phenolic OH excluding ortho intramolecular Hbond substituents is 1. The molecule has 0 radical (unpaired) electrons. The van der Waals surface area contributed by atoms with E-state index in [1.807, 2.05) is 0 Å². The quantitative estimate of drug-likeness (QED) is 0.480. The topological polar surface area (TPSA) is 169 Å². The molecular formula is C13H8N4O7. The molecule has 0 saturated heterocycles. The molecule has 0 amide bonds. The molecule has 0 spiro atoms. The molecule has 0 aliphatic heterocycles. The van der Waals surface area contributed by atoms with E-state index in [4.69, 9.17) is 5.11 Å². The first-order chi connectivity index (χ1) is 11.3. The molecule has 0 heterocycles. The lowest BCUT2D eigenvalue weighted by Gasteiger charge is -2.00. The number of hydrogen-bond acceptors (Lipinski definition) is 8. The van der Waals surface area contributed by atoms with Crippen molar-refractivity contribution in [3.63, 3.8) is 0 Å². The lowest BCUT2D eigenvalue weighted by Crippen LogP contribution is -1.94. The lowest BCUT2D eigenvalue weighted by atomic mass is 10.2. The highest BCUT2D eigenvalue weighted by Gasteiger charge is 2.24. The monoisotopic (exact) mass is 332 g/mol. The van der Waals surface area contributed by atoms with Gasteiger partial charge in [0.1, 0.15) is 5.69 Å². The number of carboxylic acids is 1. The zero-order valence-electron chi connectivity index (χ0n) is 11.7. The van der Waals surface area contributed by atoms with Gasteiger partial charge in [-0.1, -0.05) is 0 Å². The number of nitrogens with zero attached hydrogens (tertiary/aromatic N) is 4. The number of nitro groups is 2. The van der Waals surface area contributed by atoms with Crippen LogP contribution in [0, 0.1) is 20.2 Å². The maximum Gasteiger partial charge on any atom is 0.335 e. The molecular weight excluding hydrogens is 324 g/mol. The zero-order chi connectivity index (χ0) is 17.9. The van der Waals surface area contributed by atoms with Gasteiger partial charge in [-0.25, -0.2) is 4.79 Å². The molecule has 0 saturated carbocycles. The summed E-state index contributed by atoms with van der Waals surface area (Å²) in [6.07, 6.45) is 0. The predicted octanol–water partition coefficient (Wildman–Crippen LogP) is 3.32. The van der Waals surface area contributed by atoms with Gasteiger partial charge in [0.15, 0.2) is 0 Å². The largest absolute Gasteiger partial charge is 0.501 e. The Kier molecular flexibility index (Phi) is 4.45. The minimum absolute atomic E-state index is 0.0165. The van der Waals surface area contributed by atoms with Crippen LogP contribution in [-0.4, -0.2) is 26.0 Å². The van der Waals surface area contributed by atoms with Gasteiger partial charge in [-0.2, -0.15) is 5.11 Å². The summed E-state index contributed by atoms with van der Waals surface area (Å²) < 4.78 is 0. The number of rotatable bonds is 5. The Balaban J connectivity index is 2.42. The molecule has 0 fully saturated rings. The van der Waals surface area contributed by atoms with Crippen molar-refractivity contribution in [2.45, 2.75) is 0 Å². The summed E-state index contributed by atoms with van der Waals surface area (Å²) in [4.78, 5) is 30.5. The molecule has 0 aliphatic rings. The summed E-state index contributed by atoms with van der Waals surface area (Å²) in [5.74, 6) is -2.00. The predicted molar refractivity (Wildman–Crippen MR) is 79.0 cm³/mol. The summed E-state index contributed by atoms with van der Waals surface area (Å²) in [5, 5.41) is 47.4. The maximum absolute atomic E-state index is 10.8. The number of aromatic carboxylic acids is 1. The van der Waals surface area contributed by atoms with Crippen LogP contribution in [0.15, 0.2) is 46.6 Å². The number of hydrogen-bond donors (Lipinski definition) is 2. The minimum atomic E-state index is -1.13. The van der Waals surface area contributed by atoms with Crippen molar-refractivity contribution >= 4 is 28.7 Å². The highest BCUT2D eigenvalue weighted by Crippen LogP contribution is 2.40. The number of non-ortho nitro benzene ring substituents is 1. The van der Waals surface area contributed by atoms with Gasteiger partial charge in [0.05, 0.1) is 27.2 Å². The number of carboxylic acid groups (broad SMARTS) is 1. The third kappa shape index (κ3) is 3.47. The van der Waals surface area contributed by atoms with E-state index in [9.17, 15) is 30.1 Å². The summed E-state index contributed by atoms with van der Waals surface area (Å²) in [6, 6.07) is 6.58. The molecule has 2 aromatic carbocycles. The molecule has 11 nitrogen and oxygen atoms in total. The molecule has 2 rings (SSSR count). The van der Waals surface area contributed by atoms with Crippen molar-refractivity contribution in [3.05, 3.63) is 62.2 Å². The van der Waals surface area contributed by atoms with Gasteiger partial charge >= 0.3 is 11.7 Å². The van der Waals surface area contributed by atoms with Crippen LogP contribution in [0.3, 0.4) is 0 Å². The Bertz CT molecular complexity index is 861. The summed E-state index contributed by atoms with van der Waals surface area (Å²) >= 11 is 0. The summed E-state index contributed by atoms with van der Waals surface area (Å²) in [6.45, 7) is 0. The van der Waals surface area contributed by atoms with Gasteiger partial charge in [-0.3, -0.25) is 20.2 Å². The molecule has 2 N–H and O–H groups in total. The first kappa shape index (κ1) is 16.5. The van der Waals surface area contributed by atoms with Crippen LogP contribution >= 0.6 is 0 Å². The van der Waals surface area contributed by atoms with Crippen LogP contribution in [0.25, 0.3) is 0 Å². The van der Waals surface area contributed by atoms with Crippen LogP contribution in [0.1, 0.15) is 10.4 Å². The van der Waals surface area contributed by atoms with Gasteiger partial charge in [-0.15, -0.1) is 5.11 Å². The van der Waals surface area contributed by atoms with E-state index < -0.39 is 38.6 Å². The molecule has 0 bridgehead atoms. The average molecular weight is 332 g/mol. The fourth-order valence-electron chi connectivity index (χ4n) is 1.69. The van der Waals surface area contributed by atoms with Crippen molar-refractivity contribution in [1.29, 1.82) is 0 Å². The van der Waals surface area contributed by atoms with Crippen LogP contribution in [-0.2, 0) is 0 Å². The van der Waals surface area contributed by atoms with Gasteiger partial charge in [0.25, 0.3) is 5.69 Å². The second-order valence-corrected chi connectivity index (χ2v) is 4.40. The zero-order valence-corrected chi connectivity index (χ0v) is 11.7. The van der Waals surface area contributed by atoms with E-state index >= 15 is 0 Å². The Morgan fingerprint density at radius 2 is 1.62 bits per heavy atom. The van der Waals surface area contributed by atoms with E-state index in [2.05, 4.69) is 10.2 Å². The Morgan fingerprint density at radius 1 is 1.00 bits per heavy atom. The average Bonchev–Trinajstić information content (AvgIpc) is 2.53. The lowest BCUT2D eigenvalue weighted by molar-refractivity contribution is -0.394. The second-order valence-electron chi connectivity index (χ2n) is 4.40. The van der Waals surface area contributed by atoms with Crippen molar-refractivity contribution < 1.29 is 24.9 Å². The standard InChI is InChI=1S/C13H8N4O7/c18-12-10(5-9(16(21)22)6-11(12)17(23)24)15-14-8-3-1-7(2-4-8)13(19)20/h1-6,18H,(H,19,20). The highest BCUT2D eigenvalue weighted by molar-refractivity contribution is 5.87. The Labute approximate surface area is 132 Å². The van der Waals surface area contributed by atoms with Crippen LogP contribution < -0.4 is 0 Å². The van der Waals surface area contributed by atoms with E-state index in [0.29, 0.717) is 6.07 Å². The van der Waals surface area contributed by atoms with Gasteiger partial charge < -0.3 is 10.2 Å². The second kappa shape index (κ2) is 6.48. The molecule has 0 atom stereocenters. The van der Waals surface area contributed by atoms with Crippen molar-refractivity contribution in [3.8, 4) is 5.75 Å². The van der Waals surface area contributed by atoms with Crippen molar-refractivity contribution in [2.75, 3.05) is 0 Å². The number of nitro benzene ring substituents is 2.